The monoisotopic (exact) mass is 205 g/mol. The maximum absolute atomic E-state index is 10.0. The van der Waals surface area contributed by atoms with Gasteiger partial charge < -0.3 is 15.5 Å². The Balaban J connectivity index is 2.10. The first-order valence-electron chi connectivity index (χ1n) is 4.88. The normalized spacial score (nSPS) is 21.7. The third kappa shape index (κ3) is 4.31. The van der Waals surface area contributed by atoms with Crippen molar-refractivity contribution in [1.29, 1.82) is 0 Å². The number of aliphatic hydroxyl groups is 2. The van der Waals surface area contributed by atoms with Gasteiger partial charge in [-0.25, -0.2) is 0 Å². The summed E-state index contributed by atoms with van der Waals surface area (Å²) < 4.78 is 0. The number of thioether (sulfide) groups is 1. The zero-order valence-corrected chi connectivity index (χ0v) is 8.78. The minimum atomic E-state index is -0.453. The zero-order chi connectivity index (χ0) is 9.57. The third-order valence-electron chi connectivity index (χ3n) is 2.35. The topological polar surface area (TPSA) is 52.5 Å². The molecule has 4 heteroatoms. The molecule has 13 heavy (non-hydrogen) atoms. The molecule has 0 aromatic heterocycles. The Bertz CT molecular complexity index is 138. The van der Waals surface area contributed by atoms with Crippen molar-refractivity contribution in [3.63, 3.8) is 0 Å². The number of hydrogen-bond donors (Lipinski definition) is 3. The first kappa shape index (κ1) is 11.3. The van der Waals surface area contributed by atoms with E-state index >= 15 is 0 Å². The minimum absolute atomic E-state index is 0.257. The van der Waals surface area contributed by atoms with Crippen LogP contribution in [0.25, 0.3) is 0 Å². The van der Waals surface area contributed by atoms with Crippen molar-refractivity contribution in [3.8, 4) is 0 Å². The average Bonchev–Trinajstić information content (AvgIpc) is 2.14. The van der Waals surface area contributed by atoms with Crippen LogP contribution in [0.5, 0.6) is 0 Å². The van der Waals surface area contributed by atoms with Crippen LogP contribution in [0.15, 0.2) is 0 Å². The molecule has 0 bridgehead atoms. The Morgan fingerprint density at radius 3 is 2.62 bits per heavy atom. The number of hydrogen-bond acceptors (Lipinski definition) is 4. The predicted octanol–water partition coefficient (Wildman–Crippen LogP) is 0.216. The summed E-state index contributed by atoms with van der Waals surface area (Å²) >= 11 is 1.75. The molecule has 0 aromatic carbocycles. The van der Waals surface area contributed by atoms with E-state index in [1.807, 2.05) is 0 Å². The third-order valence-corrected chi connectivity index (χ3v) is 3.67. The van der Waals surface area contributed by atoms with Gasteiger partial charge in [0.25, 0.3) is 0 Å². The summed E-state index contributed by atoms with van der Waals surface area (Å²) in [6.07, 6.45) is 2.55. The quantitative estimate of drug-likeness (QED) is 0.562. The van der Waals surface area contributed by atoms with Crippen molar-refractivity contribution < 1.29 is 10.2 Å². The molecule has 0 unspecified atom stereocenters. The molecule has 3 N–H and O–H groups in total. The summed E-state index contributed by atoms with van der Waals surface area (Å²) in [4.78, 5) is 0. The molecule has 0 atom stereocenters. The van der Waals surface area contributed by atoms with Crippen LogP contribution < -0.4 is 5.32 Å². The average molecular weight is 205 g/mol. The van der Waals surface area contributed by atoms with Crippen LogP contribution in [0.4, 0.5) is 0 Å². The van der Waals surface area contributed by atoms with E-state index < -0.39 is 5.60 Å². The molecule has 3 nitrogen and oxygen atoms in total. The van der Waals surface area contributed by atoms with Crippen LogP contribution in [-0.2, 0) is 0 Å². The molecule has 0 aliphatic carbocycles. The first-order valence-corrected chi connectivity index (χ1v) is 6.04. The Kier molecular flexibility index (Phi) is 5.09. The second kappa shape index (κ2) is 5.86. The smallest absolute Gasteiger partial charge is 0.0761 e. The minimum Gasteiger partial charge on any atom is -0.396 e. The van der Waals surface area contributed by atoms with E-state index in [4.69, 9.17) is 5.11 Å². The summed E-state index contributed by atoms with van der Waals surface area (Å²) in [5, 5.41) is 21.9. The molecule has 1 fully saturated rings. The number of rotatable bonds is 5. The molecule has 1 aliphatic rings. The Labute approximate surface area is 83.9 Å². The maximum Gasteiger partial charge on any atom is 0.0761 e. The lowest BCUT2D eigenvalue weighted by Crippen LogP contribution is -2.43. The lowest BCUT2D eigenvalue weighted by molar-refractivity contribution is 0.0339. The van der Waals surface area contributed by atoms with Crippen LogP contribution >= 0.6 is 11.8 Å². The lowest BCUT2D eigenvalue weighted by Gasteiger charge is -2.32. The fourth-order valence-electron chi connectivity index (χ4n) is 1.47. The molecule has 0 radical (unpaired) electrons. The second-order valence-electron chi connectivity index (χ2n) is 3.60. The van der Waals surface area contributed by atoms with E-state index in [-0.39, 0.29) is 6.61 Å². The molecule has 1 rings (SSSR count). The molecule has 1 heterocycles. The van der Waals surface area contributed by atoms with Crippen molar-refractivity contribution >= 4 is 11.8 Å². The summed E-state index contributed by atoms with van der Waals surface area (Å²) in [5.74, 6) is 1.76. The van der Waals surface area contributed by atoms with Gasteiger partial charge in [0.15, 0.2) is 0 Å². The number of piperidine rings is 1. The van der Waals surface area contributed by atoms with Crippen LogP contribution in [0.1, 0.15) is 19.3 Å². The van der Waals surface area contributed by atoms with E-state index in [2.05, 4.69) is 5.32 Å². The number of nitrogens with one attached hydrogen (secondary N) is 1. The van der Waals surface area contributed by atoms with Gasteiger partial charge in [-0.05, 0) is 38.1 Å². The largest absolute Gasteiger partial charge is 0.396 e. The molecular formula is C9H19NO2S. The van der Waals surface area contributed by atoms with Crippen LogP contribution in [0.2, 0.25) is 0 Å². The Morgan fingerprint density at radius 2 is 2.00 bits per heavy atom. The van der Waals surface area contributed by atoms with E-state index in [0.29, 0.717) is 0 Å². The molecule has 1 saturated heterocycles. The van der Waals surface area contributed by atoms with Gasteiger partial charge in [0, 0.05) is 12.4 Å². The summed E-state index contributed by atoms with van der Waals surface area (Å²) in [7, 11) is 0. The van der Waals surface area contributed by atoms with Gasteiger partial charge in [-0.3, -0.25) is 0 Å². The van der Waals surface area contributed by atoms with E-state index in [1.165, 1.54) is 0 Å². The van der Waals surface area contributed by atoms with E-state index in [9.17, 15) is 5.11 Å². The number of aliphatic hydroxyl groups excluding tert-OH is 1. The highest BCUT2D eigenvalue weighted by Crippen LogP contribution is 2.23. The van der Waals surface area contributed by atoms with Gasteiger partial charge >= 0.3 is 0 Å². The maximum atomic E-state index is 10.0. The van der Waals surface area contributed by atoms with Gasteiger partial charge in [0.05, 0.1) is 5.60 Å². The Hall–Kier alpha value is 0.230. The van der Waals surface area contributed by atoms with Crippen LogP contribution in [0.3, 0.4) is 0 Å². The standard InChI is InChI=1S/C9H19NO2S/c11-6-1-7-13-8-9(12)2-4-10-5-3-9/h10-12H,1-8H2. The van der Waals surface area contributed by atoms with Gasteiger partial charge in [-0.2, -0.15) is 11.8 Å². The van der Waals surface area contributed by atoms with E-state index in [1.54, 1.807) is 11.8 Å². The van der Waals surface area contributed by atoms with Crippen molar-refractivity contribution in [2.75, 3.05) is 31.2 Å². The Morgan fingerprint density at radius 1 is 1.31 bits per heavy atom. The van der Waals surface area contributed by atoms with Crippen molar-refractivity contribution in [2.45, 2.75) is 24.9 Å². The lowest BCUT2D eigenvalue weighted by atomic mass is 9.95. The van der Waals surface area contributed by atoms with Gasteiger partial charge in [-0.15, -0.1) is 0 Å². The fraction of sp³-hybridized carbons (Fsp3) is 1.00. The predicted molar refractivity (Wildman–Crippen MR) is 56.1 cm³/mol. The van der Waals surface area contributed by atoms with Gasteiger partial charge in [0.1, 0.15) is 0 Å². The summed E-state index contributed by atoms with van der Waals surface area (Å²) in [6.45, 7) is 2.11. The first-order chi connectivity index (χ1) is 6.27. The molecule has 0 amide bonds. The van der Waals surface area contributed by atoms with Gasteiger partial charge in [-0.1, -0.05) is 0 Å². The highest BCUT2D eigenvalue weighted by atomic mass is 32.2. The molecule has 0 aromatic rings. The molecular weight excluding hydrogens is 186 g/mol. The van der Waals surface area contributed by atoms with E-state index in [0.717, 1.165) is 43.9 Å². The van der Waals surface area contributed by atoms with Crippen molar-refractivity contribution in [3.05, 3.63) is 0 Å². The molecule has 78 valence electrons. The van der Waals surface area contributed by atoms with Crippen LogP contribution in [0, 0.1) is 0 Å². The van der Waals surface area contributed by atoms with Crippen molar-refractivity contribution in [1.82, 2.24) is 5.32 Å². The molecule has 0 saturated carbocycles. The highest BCUT2D eigenvalue weighted by Gasteiger charge is 2.28. The molecule has 0 spiro atoms. The summed E-state index contributed by atoms with van der Waals surface area (Å²) in [6, 6.07) is 0. The van der Waals surface area contributed by atoms with Crippen molar-refractivity contribution in [2.24, 2.45) is 0 Å². The SMILES string of the molecule is OCCCSCC1(O)CCNCC1. The van der Waals surface area contributed by atoms with Crippen LogP contribution in [-0.4, -0.2) is 47.0 Å². The highest BCUT2D eigenvalue weighted by molar-refractivity contribution is 7.99. The second-order valence-corrected chi connectivity index (χ2v) is 4.71. The summed E-state index contributed by atoms with van der Waals surface area (Å²) in [5.41, 5.74) is -0.453. The molecule has 1 aliphatic heterocycles. The zero-order valence-electron chi connectivity index (χ0n) is 7.96. The fourth-order valence-corrected chi connectivity index (χ4v) is 2.61. The van der Waals surface area contributed by atoms with Gasteiger partial charge in [0.2, 0.25) is 0 Å².